The molecule has 90 valence electrons. The summed E-state index contributed by atoms with van der Waals surface area (Å²) in [4.78, 5) is 0. The van der Waals surface area contributed by atoms with Gasteiger partial charge in [-0.2, -0.15) is 13.2 Å². The average molecular weight is 235 g/mol. The zero-order valence-electron chi connectivity index (χ0n) is 8.33. The Labute approximate surface area is 90.5 Å². The summed E-state index contributed by atoms with van der Waals surface area (Å²) in [5, 5.41) is 20.1. The molecule has 16 heavy (non-hydrogen) atoms. The van der Waals surface area contributed by atoms with Gasteiger partial charge in [-0.15, -0.1) is 0 Å². The van der Waals surface area contributed by atoms with Crippen molar-refractivity contribution in [2.75, 3.05) is 13.2 Å². The molecule has 0 amide bonds. The fourth-order valence-electron chi connectivity index (χ4n) is 1.23. The van der Waals surface area contributed by atoms with Crippen molar-refractivity contribution in [1.29, 1.82) is 0 Å². The molecule has 1 unspecified atom stereocenters. The summed E-state index contributed by atoms with van der Waals surface area (Å²) in [5.41, 5.74) is 0.490. The van der Waals surface area contributed by atoms with Crippen LogP contribution in [0.15, 0.2) is 24.3 Å². The van der Waals surface area contributed by atoms with Crippen LogP contribution in [-0.4, -0.2) is 29.5 Å². The van der Waals surface area contributed by atoms with Gasteiger partial charge in [0.1, 0.15) is 5.75 Å². The molecule has 0 aromatic heterocycles. The van der Waals surface area contributed by atoms with Gasteiger partial charge in [-0.3, -0.25) is 5.32 Å². The minimum Gasteiger partial charge on any atom is -0.508 e. The van der Waals surface area contributed by atoms with Gasteiger partial charge in [0, 0.05) is 0 Å². The molecule has 1 aromatic rings. The number of aliphatic hydroxyl groups is 1. The summed E-state index contributed by atoms with van der Waals surface area (Å²) in [6, 6.07) is 4.84. The lowest BCUT2D eigenvalue weighted by molar-refractivity contribution is -0.126. The summed E-state index contributed by atoms with van der Waals surface area (Å²) in [6.45, 7) is -1.61. The highest BCUT2D eigenvalue weighted by Crippen LogP contribution is 2.19. The van der Waals surface area contributed by atoms with E-state index in [1.165, 1.54) is 24.3 Å². The van der Waals surface area contributed by atoms with Gasteiger partial charge in [-0.25, -0.2) is 0 Å². The number of phenolic OH excluding ortho intramolecular Hbond substituents is 1. The fraction of sp³-hybridized carbons (Fsp3) is 0.400. The number of alkyl halides is 3. The Balaban J connectivity index is 2.64. The van der Waals surface area contributed by atoms with Crippen LogP contribution in [0, 0.1) is 0 Å². The Kier molecular flexibility index (Phi) is 4.14. The number of hydrogen-bond donors (Lipinski definition) is 3. The number of aliphatic hydroxyl groups excluding tert-OH is 1. The Bertz CT molecular complexity index is 324. The third-order valence-corrected chi connectivity index (χ3v) is 2.03. The lowest BCUT2D eigenvalue weighted by Gasteiger charge is -2.17. The molecule has 0 aliphatic rings. The van der Waals surface area contributed by atoms with Gasteiger partial charge < -0.3 is 10.2 Å². The van der Waals surface area contributed by atoms with Gasteiger partial charge in [0.2, 0.25) is 0 Å². The van der Waals surface area contributed by atoms with Crippen molar-refractivity contribution < 1.29 is 23.4 Å². The second-order valence-corrected chi connectivity index (χ2v) is 3.32. The quantitative estimate of drug-likeness (QED) is 0.742. The van der Waals surface area contributed by atoms with Gasteiger partial charge in [-0.05, 0) is 17.7 Å². The molecule has 0 radical (unpaired) electrons. The first kappa shape index (κ1) is 12.8. The minimum atomic E-state index is -4.32. The minimum absolute atomic E-state index is 0.0243. The molecule has 6 heteroatoms. The smallest absolute Gasteiger partial charge is 0.401 e. The topological polar surface area (TPSA) is 52.5 Å². The van der Waals surface area contributed by atoms with E-state index in [9.17, 15) is 13.2 Å². The lowest BCUT2D eigenvalue weighted by Crippen LogP contribution is -2.33. The second-order valence-electron chi connectivity index (χ2n) is 3.32. The molecule has 0 bridgehead atoms. The summed E-state index contributed by atoms with van der Waals surface area (Å²) >= 11 is 0. The number of hydrogen-bond acceptors (Lipinski definition) is 3. The largest absolute Gasteiger partial charge is 0.508 e. The van der Waals surface area contributed by atoms with Crippen molar-refractivity contribution in [3.8, 4) is 5.75 Å². The van der Waals surface area contributed by atoms with Crippen molar-refractivity contribution >= 4 is 0 Å². The molecule has 3 N–H and O–H groups in total. The van der Waals surface area contributed by atoms with Crippen molar-refractivity contribution in [1.82, 2.24) is 5.32 Å². The van der Waals surface area contributed by atoms with Crippen LogP contribution >= 0.6 is 0 Å². The molecule has 1 aromatic carbocycles. The molecule has 1 atom stereocenters. The number of nitrogens with one attached hydrogen (secondary N) is 1. The summed E-state index contributed by atoms with van der Waals surface area (Å²) in [5.74, 6) is 0.0243. The Morgan fingerprint density at radius 2 is 1.75 bits per heavy atom. The molecule has 1 rings (SSSR count). The van der Waals surface area contributed by atoms with Crippen LogP contribution in [0.4, 0.5) is 13.2 Å². The van der Waals surface area contributed by atoms with Gasteiger partial charge >= 0.3 is 6.18 Å². The van der Waals surface area contributed by atoms with E-state index in [1.807, 2.05) is 0 Å². The lowest BCUT2D eigenvalue weighted by atomic mass is 10.1. The number of halogens is 3. The number of benzene rings is 1. The van der Waals surface area contributed by atoms with Gasteiger partial charge in [0.25, 0.3) is 0 Å². The Morgan fingerprint density at radius 3 is 2.19 bits per heavy atom. The van der Waals surface area contributed by atoms with E-state index in [1.54, 1.807) is 0 Å². The zero-order chi connectivity index (χ0) is 12.2. The van der Waals surface area contributed by atoms with Crippen LogP contribution in [0.5, 0.6) is 5.75 Å². The highest BCUT2D eigenvalue weighted by atomic mass is 19.4. The molecule has 3 nitrogen and oxygen atoms in total. The maximum absolute atomic E-state index is 11.9. The first-order valence-corrected chi connectivity index (χ1v) is 4.62. The van der Waals surface area contributed by atoms with Gasteiger partial charge in [-0.1, -0.05) is 12.1 Å². The van der Waals surface area contributed by atoms with Crippen molar-refractivity contribution in [3.05, 3.63) is 29.8 Å². The van der Waals surface area contributed by atoms with Crippen LogP contribution in [0.25, 0.3) is 0 Å². The molecule has 0 saturated heterocycles. The summed E-state index contributed by atoms with van der Waals surface area (Å²) in [7, 11) is 0. The third kappa shape index (κ3) is 4.08. The summed E-state index contributed by atoms with van der Waals surface area (Å²) < 4.78 is 35.8. The van der Waals surface area contributed by atoms with Crippen LogP contribution in [0.3, 0.4) is 0 Å². The molecule has 0 aliphatic carbocycles. The van der Waals surface area contributed by atoms with Crippen LogP contribution < -0.4 is 5.32 Å². The predicted molar refractivity (Wildman–Crippen MR) is 52.0 cm³/mol. The second kappa shape index (κ2) is 5.18. The highest BCUT2D eigenvalue weighted by Gasteiger charge is 2.28. The first-order valence-electron chi connectivity index (χ1n) is 4.62. The molecule has 0 saturated carbocycles. The van der Waals surface area contributed by atoms with Crippen LogP contribution in [0.1, 0.15) is 11.6 Å². The normalized spacial score (nSPS) is 13.8. The van der Waals surface area contributed by atoms with E-state index in [-0.39, 0.29) is 5.75 Å². The molecular formula is C10H12F3NO2. The predicted octanol–water partition coefficient (Wildman–Crippen LogP) is 1.58. The molecule has 0 spiro atoms. The van der Waals surface area contributed by atoms with Gasteiger partial charge in [0.05, 0.1) is 19.2 Å². The number of phenols is 1. The zero-order valence-corrected chi connectivity index (χ0v) is 8.33. The maximum atomic E-state index is 11.9. The molecule has 0 fully saturated rings. The molecular weight excluding hydrogens is 223 g/mol. The molecule has 0 aliphatic heterocycles. The molecule has 0 heterocycles. The average Bonchev–Trinajstić information content (AvgIpc) is 2.20. The van der Waals surface area contributed by atoms with Crippen molar-refractivity contribution in [3.63, 3.8) is 0 Å². The van der Waals surface area contributed by atoms with E-state index in [0.717, 1.165) is 0 Å². The van der Waals surface area contributed by atoms with Crippen LogP contribution in [-0.2, 0) is 0 Å². The van der Waals surface area contributed by atoms with Crippen molar-refractivity contribution in [2.45, 2.75) is 12.2 Å². The highest BCUT2D eigenvalue weighted by molar-refractivity contribution is 5.28. The van der Waals surface area contributed by atoms with Gasteiger partial charge in [0.15, 0.2) is 0 Å². The Hall–Kier alpha value is -1.27. The van der Waals surface area contributed by atoms with E-state index in [0.29, 0.717) is 5.56 Å². The maximum Gasteiger partial charge on any atom is 0.401 e. The van der Waals surface area contributed by atoms with E-state index in [4.69, 9.17) is 10.2 Å². The SMILES string of the molecule is OCC(NCC(F)(F)F)c1ccc(O)cc1. The standard InChI is InChI=1S/C10H12F3NO2/c11-10(12,13)6-14-9(5-15)7-1-3-8(16)4-2-7/h1-4,9,14-16H,5-6H2. The van der Waals surface area contributed by atoms with E-state index < -0.39 is 25.4 Å². The number of rotatable bonds is 4. The number of aromatic hydroxyl groups is 1. The van der Waals surface area contributed by atoms with Crippen LogP contribution in [0.2, 0.25) is 0 Å². The van der Waals surface area contributed by atoms with E-state index in [2.05, 4.69) is 5.32 Å². The Morgan fingerprint density at radius 1 is 1.19 bits per heavy atom. The first-order chi connectivity index (χ1) is 7.42. The summed E-state index contributed by atoms with van der Waals surface area (Å²) in [6.07, 6.45) is -4.32. The fourth-order valence-corrected chi connectivity index (χ4v) is 1.23. The third-order valence-electron chi connectivity index (χ3n) is 2.03. The van der Waals surface area contributed by atoms with E-state index >= 15 is 0 Å². The van der Waals surface area contributed by atoms with Crippen molar-refractivity contribution in [2.24, 2.45) is 0 Å². The monoisotopic (exact) mass is 235 g/mol.